The molecule has 4 nitrogen and oxygen atoms in total. The number of benzene rings is 2. The predicted octanol–water partition coefficient (Wildman–Crippen LogP) is 3.55. The molecule has 1 fully saturated rings. The molecule has 1 aliphatic heterocycles. The second-order valence-electron chi connectivity index (χ2n) is 6.58. The molecular formula is C21H20N2O2. The van der Waals surface area contributed by atoms with Crippen molar-refractivity contribution in [2.45, 2.75) is 18.8 Å². The molecule has 1 N–H and O–H groups in total. The number of aromatic nitrogens is 1. The minimum atomic E-state index is -0.208. The third kappa shape index (κ3) is 3.07. The molecule has 1 aromatic heterocycles. The van der Waals surface area contributed by atoms with Gasteiger partial charge in [-0.2, -0.15) is 0 Å². The van der Waals surface area contributed by atoms with Crippen molar-refractivity contribution in [3.05, 3.63) is 82.3 Å². The van der Waals surface area contributed by atoms with Crippen molar-refractivity contribution in [2.24, 2.45) is 0 Å². The summed E-state index contributed by atoms with van der Waals surface area (Å²) in [6.45, 7) is 1.43. The highest BCUT2D eigenvalue weighted by atomic mass is 16.2. The van der Waals surface area contributed by atoms with Crippen LogP contribution in [0, 0.1) is 0 Å². The Bertz CT molecular complexity index is 954. The molecule has 126 valence electrons. The Morgan fingerprint density at radius 1 is 0.960 bits per heavy atom. The highest BCUT2D eigenvalue weighted by molar-refractivity contribution is 5.96. The fourth-order valence-corrected chi connectivity index (χ4v) is 3.64. The quantitative estimate of drug-likeness (QED) is 0.780. The van der Waals surface area contributed by atoms with Gasteiger partial charge >= 0.3 is 0 Å². The van der Waals surface area contributed by atoms with Crippen LogP contribution in [-0.2, 0) is 0 Å². The van der Waals surface area contributed by atoms with Crippen molar-refractivity contribution in [3.63, 3.8) is 0 Å². The standard InChI is InChI=1S/C21H20N2O2/c24-20-18-9-5-4-8-17(18)14-19(22-20)21(25)23-12-10-16(11-13-23)15-6-2-1-3-7-15/h1-9,14,16H,10-13H2,(H,22,24). The van der Waals surface area contributed by atoms with E-state index in [0.29, 0.717) is 30.1 Å². The van der Waals surface area contributed by atoms with Gasteiger partial charge in [0.25, 0.3) is 11.5 Å². The molecule has 0 bridgehead atoms. The molecule has 0 saturated carbocycles. The number of hydrogen-bond acceptors (Lipinski definition) is 2. The van der Waals surface area contributed by atoms with Gasteiger partial charge in [0.2, 0.25) is 0 Å². The van der Waals surface area contributed by atoms with Crippen molar-refractivity contribution >= 4 is 16.7 Å². The van der Waals surface area contributed by atoms with Crippen LogP contribution in [0.25, 0.3) is 10.8 Å². The number of carbonyl (C=O) groups is 1. The third-order valence-corrected chi connectivity index (χ3v) is 5.04. The average Bonchev–Trinajstić information content (AvgIpc) is 2.68. The second kappa shape index (κ2) is 6.55. The van der Waals surface area contributed by atoms with Crippen LogP contribution in [0.4, 0.5) is 0 Å². The molecule has 0 spiro atoms. The number of carbonyl (C=O) groups excluding carboxylic acids is 1. The van der Waals surface area contributed by atoms with Crippen LogP contribution in [0.15, 0.2) is 65.5 Å². The summed E-state index contributed by atoms with van der Waals surface area (Å²) in [5.41, 5.74) is 1.51. The summed E-state index contributed by atoms with van der Waals surface area (Å²) < 4.78 is 0. The van der Waals surface area contributed by atoms with E-state index in [2.05, 4.69) is 29.2 Å². The SMILES string of the molecule is O=C(c1cc2ccccc2c(=O)[nH]1)N1CCC(c2ccccc2)CC1. The number of nitrogens with zero attached hydrogens (tertiary/aromatic N) is 1. The van der Waals surface area contributed by atoms with E-state index in [0.717, 1.165) is 18.2 Å². The molecular weight excluding hydrogens is 312 g/mol. The van der Waals surface area contributed by atoms with Crippen molar-refractivity contribution < 1.29 is 4.79 Å². The number of nitrogens with one attached hydrogen (secondary N) is 1. The van der Waals surface area contributed by atoms with Crippen LogP contribution in [0.2, 0.25) is 0 Å². The Morgan fingerprint density at radius 2 is 1.64 bits per heavy atom. The van der Waals surface area contributed by atoms with Gasteiger partial charge in [0, 0.05) is 18.5 Å². The van der Waals surface area contributed by atoms with Gasteiger partial charge in [0.05, 0.1) is 0 Å². The lowest BCUT2D eigenvalue weighted by Gasteiger charge is -2.32. The number of fused-ring (bicyclic) bond motifs is 1. The summed E-state index contributed by atoms with van der Waals surface area (Å²) in [7, 11) is 0. The smallest absolute Gasteiger partial charge is 0.270 e. The lowest BCUT2D eigenvalue weighted by Crippen LogP contribution is -2.38. The van der Waals surface area contributed by atoms with Gasteiger partial charge in [-0.3, -0.25) is 9.59 Å². The summed E-state index contributed by atoms with van der Waals surface area (Å²) in [6.07, 6.45) is 1.90. The first kappa shape index (κ1) is 15.6. The minimum absolute atomic E-state index is 0.0886. The number of rotatable bonds is 2. The zero-order valence-electron chi connectivity index (χ0n) is 13.9. The largest absolute Gasteiger partial charge is 0.337 e. The number of H-pyrrole nitrogens is 1. The van der Waals surface area contributed by atoms with E-state index in [-0.39, 0.29) is 11.5 Å². The number of hydrogen-bond donors (Lipinski definition) is 1. The van der Waals surface area contributed by atoms with E-state index in [9.17, 15) is 9.59 Å². The molecule has 3 aromatic rings. The highest BCUT2D eigenvalue weighted by Crippen LogP contribution is 2.28. The van der Waals surface area contributed by atoms with Gasteiger partial charge in [-0.15, -0.1) is 0 Å². The monoisotopic (exact) mass is 332 g/mol. The van der Waals surface area contributed by atoms with Crippen molar-refractivity contribution in [2.75, 3.05) is 13.1 Å². The van der Waals surface area contributed by atoms with Crippen LogP contribution in [0.1, 0.15) is 34.8 Å². The van der Waals surface area contributed by atoms with Gasteiger partial charge in [-0.05, 0) is 41.8 Å². The predicted molar refractivity (Wildman–Crippen MR) is 98.9 cm³/mol. The van der Waals surface area contributed by atoms with Gasteiger partial charge in [0.1, 0.15) is 5.69 Å². The normalized spacial score (nSPS) is 15.4. The molecule has 2 aromatic carbocycles. The Morgan fingerprint density at radius 3 is 2.40 bits per heavy atom. The van der Waals surface area contributed by atoms with E-state index < -0.39 is 0 Å². The topological polar surface area (TPSA) is 53.2 Å². The first-order chi connectivity index (χ1) is 12.2. The third-order valence-electron chi connectivity index (χ3n) is 5.04. The van der Waals surface area contributed by atoms with Gasteiger partial charge in [0.15, 0.2) is 0 Å². The van der Waals surface area contributed by atoms with Crippen LogP contribution in [0.5, 0.6) is 0 Å². The van der Waals surface area contributed by atoms with Crippen molar-refractivity contribution in [3.8, 4) is 0 Å². The summed E-state index contributed by atoms with van der Waals surface area (Å²) in [5.74, 6) is 0.412. The number of likely N-dealkylation sites (tertiary alicyclic amines) is 1. The molecule has 1 saturated heterocycles. The van der Waals surface area contributed by atoms with Crippen LogP contribution in [-0.4, -0.2) is 28.9 Å². The van der Waals surface area contributed by atoms with Crippen LogP contribution in [0.3, 0.4) is 0 Å². The van der Waals surface area contributed by atoms with E-state index >= 15 is 0 Å². The molecule has 0 unspecified atom stereocenters. The first-order valence-electron chi connectivity index (χ1n) is 8.68. The maximum Gasteiger partial charge on any atom is 0.270 e. The first-order valence-corrected chi connectivity index (χ1v) is 8.68. The molecule has 4 heteroatoms. The molecule has 1 amide bonds. The number of aromatic amines is 1. The Kier molecular flexibility index (Phi) is 4.10. The fraction of sp³-hybridized carbons (Fsp3) is 0.238. The second-order valence-corrected chi connectivity index (χ2v) is 6.58. The van der Waals surface area contributed by atoms with Gasteiger partial charge in [-0.1, -0.05) is 48.5 Å². The summed E-state index contributed by atoms with van der Waals surface area (Å²) in [5, 5.41) is 1.41. The van der Waals surface area contributed by atoms with E-state index in [4.69, 9.17) is 0 Å². The van der Waals surface area contributed by atoms with Crippen molar-refractivity contribution in [1.29, 1.82) is 0 Å². The number of pyridine rings is 1. The maximum absolute atomic E-state index is 12.8. The van der Waals surface area contributed by atoms with Crippen LogP contribution < -0.4 is 5.56 Å². The molecule has 4 rings (SSSR count). The summed E-state index contributed by atoms with van der Waals surface area (Å²) >= 11 is 0. The Hall–Kier alpha value is -2.88. The average molecular weight is 332 g/mol. The Balaban J connectivity index is 1.52. The Labute approximate surface area is 146 Å². The summed E-state index contributed by atoms with van der Waals surface area (Å²) in [6, 6.07) is 19.6. The van der Waals surface area contributed by atoms with Crippen LogP contribution >= 0.6 is 0 Å². The molecule has 1 aliphatic rings. The lowest BCUT2D eigenvalue weighted by molar-refractivity contribution is 0.0707. The van der Waals surface area contributed by atoms with E-state index in [1.165, 1.54) is 5.56 Å². The number of amides is 1. The molecule has 0 atom stereocenters. The summed E-state index contributed by atoms with van der Waals surface area (Å²) in [4.78, 5) is 29.6. The van der Waals surface area contributed by atoms with E-state index in [1.807, 2.05) is 29.2 Å². The molecule has 0 radical (unpaired) electrons. The molecule has 0 aliphatic carbocycles. The minimum Gasteiger partial charge on any atom is -0.337 e. The molecule has 2 heterocycles. The van der Waals surface area contributed by atoms with E-state index in [1.54, 1.807) is 12.1 Å². The van der Waals surface area contributed by atoms with Gasteiger partial charge in [-0.25, -0.2) is 0 Å². The zero-order valence-corrected chi connectivity index (χ0v) is 13.9. The van der Waals surface area contributed by atoms with Gasteiger partial charge < -0.3 is 9.88 Å². The fourth-order valence-electron chi connectivity index (χ4n) is 3.64. The number of piperidine rings is 1. The highest BCUT2D eigenvalue weighted by Gasteiger charge is 2.25. The maximum atomic E-state index is 12.8. The van der Waals surface area contributed by atoms with Crippen molar-refractivity contribution in [1.82, 2.24) is 9.88 Å². The lowest BCUT2D eigenvalue weighted by atomic mass is 9.89. The molecule has 25 heavy (non-hydrogen) atoms. The zero-order chi connectivity index (χ0) is 17.2.